The highest BCUT2D eigenvalue weighted by atomic mass is 16.2. The molecule has 0 unspecified atom stereocenters. The number of guanidine groups is 1. The van der Waals surface area contributed by atoms with E-state index in [1.807, 2.05) is 4.90 Å². The Labute approximate surface area is 191 Å². The van der Waals surface area contributed by atoms with Crippen molar-refractivity contribution in [1.82, 2.24) is 15.5 Å². The Bertz CT molecular complexity index is 905. The third-order valence-electron chi connectivity index (χ3n) is 6.26. The second kappa shape index (κ2) is 11.0. The van der Waals surface area contributed by atoms with Gasteiger partial charge in [-0.25, -0.2) is 4.99 Å². The molecule has 0 spiro atoms. The Balaban J connectivity index is 1.31. The highest BCUT2D eigenvalue weighted by Crippen LogP contribution is 2.19. The van der Waals surface area contributed by atoms with Gasteiger partial charge in [0, 0.05) is 50.9 Å². The smallest absolute Gasteiger partial charge is 0.222 e. The fourth-order valence-corrected chi connectivity index (χ4v) is 4.52. The summed E-state index contributed by atoms with van der Waals surface area (Å²) in [4.78, 5) is 21.2. The lowest BCUT2D eigenvalue weighted by Gasteiger charge is -2.34. The van der Waals surface area contributed by atoms with E-state index in [0.717, 1.165) is 51.4 Å². The highest BCUT2D eigenvalue weighted by Gasteiger charge is 2.21. The first-order chi connectivity index (χ1) is 15.7. The summed E-state index contributed by atoms with van der Waals surface area (Å²) in [7, 11) is 0. The number of anilines is 1. The van der Waals surface area contributed by atoms with Crippen molar-refractivity contribution in [2.24, 2.45) is 4.99 Å². The molecule has 4 rings (SSSR count). The number of benzene rings is 2. The molecule has 2 saturated heterocycles. The minimum Gasteiger partial charge on any atom is -0.371 e. The fraction of sp³-hybridized carbons (Fsp3) is 0.462. The van der Waals surface area contributed by atoms with Crippen LogP contribution >= 0.6 is 0 Å². The van der Waals surface area contributed by atoms with E-state index in [0.29, 0.717) is 25.6 Å². The van der Waals surface area contributed by atoms with Crippen molar-refractivity contribution in [3.63, 3.8) is 0 Å². The summed E-state index contributed by atoms with van der Waals surface area (Å²) in [6.07, 6.45) is 3.86. The molecule has 0 bridgehead atoms. The van der Waals surface area contributed by atoms with E-state index in [2.05, 4.69) is 77.1 Å². The van der Waals surface area contributed by atoms with Gasteiger partial charge in [-0.1, -0.05) is 42.5 Å². The van der Waals surface area contributed by atoms with Crippen molar-refractivity contribution < 1.29 is 4.79 Å². The number of hydrogen-bond donors (Lipinski definition) is 2. The van der Waals surface area contributed by atoms with E-state index >= 15 is 0 Å². The van der Waals surface area contributed by atoms with Crippen molar-refractivity contribution in [3.05, 3.63) is 65.7 Å². The van der Waals surface area contributed by atoms with Crippen molar-refractivity contribution in [1.29, 1.82) is 0 Å². The van der Waals surface area contributed by atoms with Crippen LogP contribution < -0.4 is 15.5 Å². The predicted octanol–water partition coefficient (Wildman–Crippen LogP) is 3.53. The number of nitrogens with zero attached hydrogens (tertiary/aromatic N) is 3. The molecule has 0 aliphatic carbocycles. The molecule has 2 N–H and O–H groups in total. The van der Waals surface area contributed by atoms with Crippen molar-refractivity contribution in [2.45, 2.75) is 51.7 Å². The van der Waals surface area contributed by atoms with Gasteiger partial charge < -0.3 is 20.4 Å². The Morgan fingerprint density at radius 1 is 1.03 bits per heavy atom. The molecule has 2 aliphatic rings. The number of rotatable bonds is 7. The van der Waals surface area contributed by atoms with Crippen LogP contribution in [0.15, 0.2) is 59.6 Å². The van der Waals surface area contributed by atoms with E-state index in [9.17, 15) is 4.79 Å². The highest BCUT2D eigenvalue weighted by molar-refractivity contribution is 5.80. The fourth-order valence-electron chi connectivity index (χ4n) is 4.52. The summed E-state index contributed by atoms with van der Waals surface area (Å²) >= 11 is 0. The number of carbonyl (C=O) groups excluding carboxylic acids is 1. The third kappa shape index (κ3) is 6.02. The first-order valence-electron chi connectivity index (χ1n) is 11.9. The number of para-hydroxylation sites is 1. The molecule has 0 saturated carbocycles. The average Bonchev–Trinajstić information content (AvgIpc) is 3.23. The molecular formula is C26H35N5O. The Morgan fingerprint density at radius 3 is 2.53 bits per heavy atom. The van der Waals surface area contributed by atoms with Crippen LogP contribution in [0.2, 0.25) is 0 Å². The predicted molar refractivity (Wildman–Crippen MR) is 131 cm³/mol. The van der Waals surface area contributed by atoms with Crippen molar-refractivity contribution >= 4 is 17.6 Å². The number of carbonyl (C=O) groups is 1. The van der Waals surface area contributed by atoms with Gasteiger partial charge in [-0.15, -0.1) is 0 Å². The topological polar surface area (TPSA) is 60.0 Å². The van der Waals surface area contributed by atoms with Crippen LogP contribution in [0.25, 0.3) is 0 Å². The van der Waals surface area contributed by atoms with Crippen LogP contribution in [0.4, 0.5) is 5.69 Å². The van der Waals surface area contributed by atoms with Gasteiger partial charge in [0.15, 0.2) is 5.96 Å². The van der Waals surface area contributed by atoms with Crippen LogP contribution in [0, 0.1) is 0 Å². The molecule has 0 radical (unpaired) electrons. The van der Waals surface area contributed by atoms with Crippen molar-refractivity contribution in [3.8, 4) is 0 Å². The minimum absolute atomic E-state index is 0.269. The molecule has 2 fully saturated rings. The normalized spacial score (nSPS) is 17.7. The molecule has 2 aromatic carbocycles. The largest absolute Gasteiger partial charge is 0.371 e. The molecule has 1 amide bonds. The van der Waals surface area contributed by atoms with Gasteiger partial charge in [0.2, 0.25) is 5.91 Å². The SMILES string of the molecule is CCNC(=NCc1cccc(CN2CCCC2=O)c1)NC1CCN(c2ccccc2)CC1. The lowest BCUT2D eigenvalue weighted by atomic mass is 10.0. The lowest BCUT2D eigenvalue weighted by Crippen LogP contribution is -2.48. The van der Waals surface area contributed by atoms with Gasteiger partial charge in [0.1, 0.15) is 0 Å². The molecule has 6 nitrogen and oxygen atoms in total. The maximum atomic E-state index is 11.9. The number of hydrogen-bond acceptors (Lipinski definition) is 3. The molecular weight excluding hydrogens is 398 g/mol. The molecule has 2 heterocycles. The zero-order valence-corrected chi connectivity index (χ0v) is 19.1. The van der Waals surface area contributed by atoms with Gasteiger partial charge in [-0.05, 0) is 49.4 Å². The monoisotopic (exact) mass is 433 g/mol. The molecule has 0 aromatic heterocycles. The van der Waals surface area contributed by atoms with Crippen LogP contribution in [0.3, 0.4) is 0 Å². The first kappa shape index (κ1) is 22.2. The van der Waals surface area contributed by atoms with Crippen LogP contribution in [-0.4, -0.2) is 49.0 Å². The Kier molecular flexibility index (Phi) is 7.64. The van der Waals surface area contributed by atoms with E-state index < -0.39 is 0 Å². The van der Waals surface area contributed by atoms with E-state index in [4.69, 9.17) is 4.99 Å². The van der Waals surface area contributed by atoms with Gasteiger partial charge in [0.25, 0.3) is 0 Å². The molecule has 32 heavy (non-hydrogen) atoms. The maximum absolute atomic E-state index is 11.9. The van der Waals surface area contributed by atoms with E-state index in [1.54, 1.807) is 0 Å². The number of nitrogens with one attached hydrogen (secondary N) is 2. The maximum Gasteiger partial charge on any atom is 0.222 e. The number of piperidine rings is 1. The van der Waals surface area contributed by atoms with Gasteiger partial charge in [0.05, 0.1) is 6.54 Å². The van der Waals surface area contributed by atoms with Gasteiger partial charge in [-0.2, -0.15) is 0 Å². The summed E-state index contributed by atoms with van der Waals surface area (Å²) in [5.74, 6) is 1.15. The zero-order valence-electron chi connectivity index (χ0n) is 19.1. The number of aliphatic imine (C=N–C) groups is 1. The van der Waals surface area contributed by atoms with E-state index in [-0.39, 0.29) is 5.91 Å². The minimum atomic E-state index is 0.269. The van der Waals surface area contributed by atoms with Gasteiger partial charge >= 0.3 is 0 Å². The zero-order chi connectivity index (χ0) is 22.2. The second-order valence-electron chi connectivity index (χ2n) is 8.68. The summed E-state index contributed by atoms with van der Waals surface area (Å²) < 4.78 is 0. The summed E-state index contributed by atoms with van der Waals surface area (Å²) in [5, 5.41) is 7.03. The van der Waals surface area contributed by atoms with Gasteiger partial charge in [-0.3, -0.25) is 4.79 Å². The Hall–Kier alpha value is -3.02. The van der Waals surface area contributed by atoms with Crippen molar-refractivity contribution in [2.75, 3.05) is 31.1 Å². The molecule has 0 atom stereocenters. The van der Waals surface area contributed by atoms with Crippen LogP contribution in [0.5, 0.6) is 0 Å². The number of likely N-dealkylation sites (tertiary alicyclic amines) is 1. The second-order valence-corrected chi connectivity index (χ2v) is 8.68. The summed E-state index contributed by atoms with van der Waals surface area (Å²) in [5.41, 5.74) is 3.66. The van der Waals surface area contributed by atoms with E-state index in [1.165, 1.54) is 16.8 Å². The first-order valence-corrected chi connectivity index (χ1v) is 11.9. The molecule has 170 valence electrons. The molecule has 6 heteroatoms. The third-order valence-corrected chi connectivity index (χ3v) is 6.26. The Morgan fingerprint density at radius 2 is 1.81 bits per heavy atom. The summed E-state index contributed by atoms with van der Waals surface area (Å²) in [6, 6.07) is 19.5. The average molecular weight is 434 g/mol. The lowest BCUT2D eigenvalue weighted by molar-refractivity contribution is -0.128. The van der Waals surface area contributed by atoms with Crippen LogP contribution in [-0.2, 0) is 17.9 Å². The quantitative estimate of drug-likeness (QED) is 0.518. The summed E-state index contributed by atoms with van der Waals surface area (Å²) in [6.45, 7) is 7.25. The molecule has 2 aliphatic heterocycles. The molecule has 2 aromatic rings. The standard InChI is InChI=1S/C26H35N5O/c1-2-27-26(29-23-13-16-30(17-14-23)24-10-4-3-5-11-24)28-19-21-8-6-9-22(18-21)20-31-15-7-12-25(31)32/h3-6,8-11,18,23H,2,7,12-17,19-20H2,1H3,(H2,27,28,29). The number of amides is 1. The van der Waals surface area contributed by atoms with Crippen LogP contribution in [0.1, 0.15) is 43.7 Å².